The van der Waals surface area contributed by atoms with Crippen LogP contribution in [0.2, 0.25) is 0 Å². The SMILES string of the molecule is CCCCCCCCCCCCCOCCOCCOCCOCCOCCOCCOCCOC1CCNCC1. The molecule has 9 nitrogen and oxygen atoms in total. The van der Waals surface area contributed by atoms with E-state index in [0.29, 0.717) is 98.6 Å². The Bertz CT molecular complexity index is 483. The number of hydrogen-bond donors (Lipinski definition) is 1. The second kappa shape index (κ2) is 34.1. The molecule has 1 aliphatic rings. The van der Waals surface area contributed by atoms with Gasteiger partial charge in [-0.15, -0.1) is 0 Å². The molecule has 1 heterocycles. The van der Waals surface area contributed by atoms with Crippen LogP contribution in [-0.4, -0.2) is 118 Å². The molecular formula is C32H65NO8. The lowest BCUT2D eigenvalue weighted by atomic mass is 10.1. The van der Waals surface area contributed by atoms with Crippen molar-refractivity contribution in [1.82, 2.24) is 5.32 Å². The van der Waals surface area contributed by atoms with Crippen molar-refractivity contribution in [3.05, 3.63) is 0 Å². The Hall–Kier alpha value is -0.360. The average molecular weight is 592 g/mol. The van der Waals surface area contributed by atoms with Crippen molar-refractivity contribution in [2.75, 3.05) is 112 Å². The molecule has 0 bridgehead atoms. The van der Waals surface area contributed by atoms with Gasteiger partial charge in [0.15, 0.2) is 0 Å². The van der Waals surface area contributed by atoms with E-state index in [1.165, 1.54) is 64.2 Å². The summed E-state index contributed by atoms with van der Waals surface area (Å²) in [5.41, 5.74) is 0. The minimum Gasteiger partial charge on any atom is -0.379 e. The highest BCUT2D eigenvalue weighted by molar-refractivity contribution is 4.67. The molecule has 0 amide bonds. The molecule has 0 aliphatic carbocycles. The summed E-state index contributed by atoms with van der Waals surface area (Å²) in [6.45, 7) is 13.4. The highest BCUT2D eigenvalue weighted by atomic mass is 16.6. The quantitative estimate of drug-likeness (QED) is 0.102. The predicted molar refractivity (Wildman–Crippen MR) is 164 cm³/mol. The van der Waals surface area contributed by atoms with Crippen LogP contribution < -0.4 is 5.32 Å². The molecule has 1 N–H and O–H groups in total. The van der Waals surface area contributed by atoms with Gasteiger partial charge >= 0.3 is 0 Å². The van der Waals surface area contributed by atoms with E-state index in [1.807, 2.05) is 0 Å². The van der Waals surface area contributed by atoms with Gasteiger partial charge < -0.3 is 43.2 Å². The largest absolute Gasteiger partial charge is 0.379 e. The van der Waals surface area contributed by atoms with Gasteiger partial charge in [0.25, 0.3) is 0 Å². The fraction of sp³-hybridized carbons (Fsp3) is 1.00. The zero-order chi connectivity index (χ0) is 29.2. The number of piperidine rings is 1. The Balaban J connectivity index is 1.60. The first kappa shape index (κ1) is 38.7. The van der Waals surface area contributed by atoms with Crippen molar-refractivity contribution in [1.29, 1.82) is 0 Å². The van der Waals surface area contributed by atoms with Crippen molar-refractivity contribution >= 4 is 0 Å². The van der Waals surface area contributed by atoms with Crippen molar-refractivity contribution < 1.29 is 37.9 Å². The first-order chi connectivity index (χ1) is 20.4. The van der Waals surface area contributed by atoms with Crippen molar-refractivity contribution in [2.24, 2.45) is 0 Å². The predicted octanol–water partition coefficient (Wildman–Crippen LogP) is 5.18. The molecule has 0 aromatic rings. The van der Waals surface area contributed by atoms with Crippen LogP contribution in [0.5, 0.6) is 0 Å². The molecule has 0 unspecified atom stereocenters. The maximum Gasteiger partial charge on any atom is 0.0704 e. The summed E-state index contributed by atoms with van der Waals surface area (Å²) >= 11 is 0. The first-order valence-corrected chi connectivity index (χ1v) is 16.8. The molecule has 0 radical (unpaired) electrons. The van der Waals surface area contributed by atoms with Crippen LogP contribution in [-0.2, 0) is 37.9 Å². The molecule has 1 aliphatic heterocycles. The zero-order valence-electron chi connectivity index (χ0n) is 26.6. The van der Waals surface area contributed by atoms with Gasteiger partial charge in [-0.2, -0.15) is 0 Å². The van der Waals surface area contributed by atoms with Gasteiger partial charge in [0.1, 0.15) is 0 Å². The van der Waals surface area contributed by atoms with Gasteiger partial charge in [-0.05, 0) is 32.4 Å². The van der Waals surface area contributed by atoms with Crippen LogP contribution in [0, 0.1) is 0 Å². The van der Waals surface area contributed by atoms with E-state index < -0.39 is 0 Å². The number of unbranched alkanes of at least 4 members (excludes halogenated alkanes) is 10. The molecule has 246 valence electrons. The van der Waals surface area contributed by atoms with E-state index >= 15 is 0 Å². The third-order valence-electron chi connectivity index (χ3n) is 6.99. The van der Waals surface area contributed by atoms with Gasteiger partial charge in [0.2, 0.25) is 0 Å². The van der Waals surface area contributed by atoms with Crippen LogP contribution in [0.4, 0.5) is 0 Å². The fourth-order valence-electron chi connectivity index (χ4n) is 4.53. The van der Waals surface area contributed by atoms with Crippen LogP contribution in [0.15, 0.2) is 0 Å². The van der Waals surface area contributed by atoms with Gasteiger partial charge in [0.05, 0.1) is 98.6 Å². The van der Waals surface area contributed by atoms with Crippen LogP contribution in [0.1, 0.15) is 90.4 Å². The molecule has 1 rings (SSSR count). The lowest BCUT2D eigenvalue weighted by Gasteiger charge is -2.22. The lowest BCUT2D eigenvalue weighted by molar-refractivity contribution is -0.0313. The molecular weight excluding hydrogens is 526 g/mol. The van der Waals surface area contributed by atoms with Gasteiger partial charge in [-0.25, -0.2) is 0 Å². The number of hydrogen-bond acceptors (Lipinski definition) is 9. The third-order valence-corrected chi connectivity index (χ3v) is 6.99. The van der Waals surface area contributed by atoms with Crippen molar-refractivity contribution in [3.63, 3.8) is 0 Å². The molecule has 0 aromatic heterocycles. The van der Waals surface area contributed by atoms with Gasteiger partial charge in [-0.1, -0.05) is 71.1 Å². The minimum atomic E-state index is 0.383. The number of rotatable bonds is 34. The van der Waals surface area contributed by atoms with Gasteiger partial charge in [-0.3, -0.25) is 0 Å². The first-order valence-electron chi connectivity index (χ1n) is 16.8. The Morgan fingerprint density at radius 1 is 0.390 bits per heavy atom. The molecule has 1 fully saturated rings. The summed E-state index contributed by atoms with van der Waals surface area (Å²) in [5.74, 6) is 0. The highest BCUT2D eigenvalue weighted by Gasteiger charge is 2.12. The molecule has 0 aromatic carbocycles. The fourth-order valence-corrected chi connectivity index (χ4v) is 4.53. The molecule has 0 saturated carbocycles. The van der Waals surface area contributed by atoms with Crippen molar-refractivity contribution in [3.8, 4) is 0 Å². The summed E-state index contributed by atoms with van der Waals surface area (Å²) in [6.07, 6.45) is 17.5. The lowest BCUT2D eigenvalue weighted by Crippen LogP contribution is -2.33. The molecule has 0 spiro atoms. The second-order valence-electron chi connectivity index (χ2n) is 10.6. The Morgan fingerprint density at radius 3 is 1.10 bits per heavy atom. The molecule has 0 atom stereocenters. The van der Waals surface area contributed by atoms with Crippen LogP contribution >= 0.6 is 0 Å². The zero-order valence-corrected chi connectivity index (χ0v) is 26.6. The highest BCUT2D eigenvalue weighted by Crippen LogP contribution is 2.11. The molecule has 41 heavy (non-hydrogen) atoms. The maximum absolute atomic E-state index is 5.79. The molecule has 9 heteroatoms. The van der Waals surface area contributed by atoms with Crippen LogP contribution in [0.25, 0.3) is 0 Å². The normalized spacial score (nSPS) is 14.3. The Labute approximate surface area is 252 Å². The smallest absolute Gasteiger partial charge is 0.0704 e. The second-order valence-corrected chi connectivity index (χ2v) is 10.6. The maximum atomic E-state index is 5.79. The van der Waals surface area contributed by atoms with E-state index in [2.05, 4.69) is 12.2 Å². The minimum absolute atomic E-state index is 0.383. The Kier molecular flexibility index (Phi) is 32.2. The van der Waals surface area contributed by atoms with Gasteiger partial charge in [0, 0.05) is 6.61 Å². The van der Waals surface area contributed by atoms with Crippen LogP contribution in [0.3, 0.4) is 0 Å². The third kappa shape index (κ3) is 30.9. The van der Waals surface area contributed by atoms with E-state index in [1.54, 1.807) is 0 Å². The van der Waals surface area contributed by atoms with E-state index in [0.717, 1.165) is 39.0 Å². The topological polar surface area (TPSA) is 85.9 Å². The monoisotopic (exact) mass is 591 g/mol. The molecule has 1 saturated heterocycles. The number of nitrogens with one attached hydrogen (secondary N) is 1. The Morgan fingerprint density at radius 2 is 0.707 bits per heavy atom. The van der Waals surface area contributed by atoms with E-state index in [4.69, 9.17) is 37.9 Å². The average Bonchev–Trinajstić information content (AvgIpc) is 3.00. The van der Waals surface area contributed by atoms with E-state index in [9.17, 15) is 0 Å². The summed E-state index contributed by atoms with van der Waals surface area (Å²) in [4.78, 5) is 0. The summed E-state index contributed by atoms with van der Waals surface area (Å²) < 4.78 is 44.6. The summed E-state index contributed by atoms with van der Waals surface area (Å²) in [7, 11) is 0. The van der Waals surface area contributed by atoms with Crippen molar-refractivity contribution in [2.45, 2.75) is 96.5 Å². The van der Waals surface area contributed by atoms with E-state index in [-0.39, 0.29) is 0 Å². The number of ether oxygens (including phenoxy) is 8. The standard InChI is InChI=1S/C32H65NO8/c1-2-3-4-5-6-7-8-9-10-11-12-17-34-18-19-35-20-21-36-22-23-37-24-25-38-26-27-39-28-29-40-30-31-41-32-13-15-33-16-14-32/h32-33H,2-31H2,1H3. The summed E-state index contributed by atoms with van der Waals surface area (Å²) in [5, 5.41) is 3.33. The summed E-state index contributed by atoms with van der Waals surface area (Å²) in [6, 6.07) is 0.